The first-order chi connectivity index (χ1) is 11.2. The predicted molar refractivity (Wildman–Crippen MR) is 91.6 cm³/mol. The molecule has 1 aliphatic carbocycles. The van der Waals surface area contributed by atoms with Gasteiger partial charge in [-0.05, 0) is 37.3 Å². The SMILES string of the molecule is O=C(c1ccncc1)N1CC2(CC(OCC3CCCC3)CS2)C1. The summed E-state index contributed by atoms with van der Waals surface area (Å²) in [6.07, 6.45) is 10.3. The minimum atomic E-state index is 0.133. The second kappa shape index (κ2) is 6.44. The average Bonchev–Trinajstić information content (AvgIpc) is 3.21. The molecule has 4 nitrogen and oxygen atoms in total. The lowest BCUT2D eigenvalue weighted by Crippen LogP contribution is -2.60. The molecule has 5 heteroatoms. The molecular weight excluding hydrogens is 308 g/mol. The number of rotatable bonds is 4. The van der Waals surface area contributed by atoms with Crippen LogP contribution in [-0.4, -0.2) is 52.1 Å². The third-order valence-corrected chi connectivity index (χ3v) is 6.97. The molecule has 124 valence electrons. The Morgan fingerprint density at radius 1 is 1.30 bits per heavy atom. The molecule has 1 saturated carbocycles. The van der Waals surface area contributed by atoms with Crippen LogP contribution in [0.15, 0.2) is 24.5 Å². The number of carbonyl (C=O) groups is 1. The fourth-order valence-electron chi connectivity index (χ4n) is 4.05. The first-order valence-electron chi connectivity index (χ1n) is 8.69. The number of pyridine rings is 1. The fourth-order valence-corrected chi connectivity index (χ4v) is 5.60. The molecule has 1 aromatic rings. The summed E-state index contributed by atoms with van der Waals surface area (Å²) < 4.78 is 6.42. The predicted octanol–water partition coefficient (Wildman–Crippen LogP) is 2.99. The molecule has 1 aromatic heterocycles. The minimum Gasteiger partial charge on any atom is -0.377 e. The van der Waals surface area contributed by atoms with Crippen LogP contribution in [0.25, 0.3) is 0 Å². The Kier molecular flexibility index (Phi) is 4.33. The Bertz CT molecular complexity index is 553. The molecule has 2 aliphatic heterocycles. The lowest BCUT2D eigenvalue weighted by atomic mass is 9.92. The minimum absolute atomic E-state index is 0.133. The maximum Gasteiger partial charge on any atom is 0.254 e. The number of likely N-dealkylation sites (tertiary alicyclic amines) is 1. The van der Waals surface area contributed by atoms with Crippen LogP contribution in [0.3, 0.4) is 0 Å². The van der Waals surface area contributed by atoms with Gasteiger partial charge >= 0.3 is 0 Å². The lowest BCUT2D eigenvalue weighted by molar-refractivity contribution is 0.0197. The zero-order chi connectivity index (χ0) is 15.7. The summed E-state index contributed by atoms with van der Waals surface area (Å²) in [5, 5.41) is 0. The van der Waals surface area contributed by atoms with Gasteiger partial charge in [-0.25, -0.2) is 0 Å². The largest absolute Gasteiger partial charge is 0.377 e. The molecule has 3 fully saturated rings. The summed E-state index contributed by atoms with van der Waals surface area (Å²) in [4.78, 5) is 18.3. The van der Waals surface area contributed by atoms with Crippen molar-refractivity contribution in [3.63, 3.8) is 0 Å². The van der Waals surface area contributed by atoms with E-state index in [1.807, 2.05) is 16.7 Å². The molecular formula is C18H24N2O2S. The number of ether oxygens (including phenoxy) is 1. The zero-order valence-corrected chi connectivity index (χ0v) is 14.3. The molecule has 2 saturated heterocycles. The first kappa shape index (κ1) is 15.5. The molecule has 0 bridgehead atoms. The van der Waals surface area contributed by atoms with Crippen molar-refractivity contribution in [2.75, 3.05) is 25.4 Å². The number of amides is 1. The van der Waals surface area contributed by atoms with E-state index in [0.29, 0.717) is 6.10 Å². The summed E-state index contributed by atoms with van der Waals surface area (Å²) in [6, 6.07) is 3.59. The highest BCUT2D eigenvalue weighted by Gasteiger charge is 2.51. The molecule has 3 heterocycles. The molecule has 1 amide bonds. The van der Waals surface area contributed by atoms with Gasteiger partial charge in [0, 0.05) is 43.4 Å². The number of hydrogen-bond acceptors (Lipinski definition) is 4. The fraction of sp³-hybridized carbons (Fsp3) is 0.667. The smallest absolute Gasteiger partial charge is 0.254 e. The van der Waals surface area contributed by atoms with Gasteiger partial charge in [0.05, 0.1) is 10.9 Å². The molecule has 1 unspecified atom stereocenters. The van der Waals surface area contributed by atoms with Gasteiger partial charge < -0.3 is 9.64 Å². The number of hydrogen-bond donors (Lipinski definition) is 0. The number of carbonyl (C=O) groups excluding carboxylic acids is 1. The summed E-state index contributed by atoms with van der Waals surface area (Å²) in [6.45, 7) is 2.67. The van der Waals surface area contributed by atoms with E-state index < -0.39 is 0 Å². The van der Waals surface area contributed by atoms with E-state index in [1.54, 1.807) is 24.5 Å². The highest BCUT2D eigenvalue weighted by atomic mass is 32.2. The van der Waals surface area contributed by atoms with Crippen molar-refractivity contribution in [2.45, 2.75) is 43.0 Å². The Morgan fingerprint density at radius 3 is 2.78 bits per heavy atom. The highest BCUT2D eigenvalue weighted by Crippen LogP contribution is 2.46. The molecule has 0 aromatic carbocycles. The quantitative estimate of drug-likeness (QED) is 0.850. The highest BCUT2D eigenvalue weighted by molar-refractivity contribution is 8.01. The van der Waals surface area contributed by atoms with Crippen LogP contribution in [0.2, 0.25) is 0 Å². The van der Waals surface area contributed by atoms with E-state index in [-0.39, 0.29) is 10.7 Å². The van der Waals surface area contributed by atoms with E-state index in [0.717, 1.165) is 43.4 Å². The van der Waals surface area contributed by atoms with Gasteiger partial charge in [0.1, 0.15) is 0 Å². The van der Waals surface area contributed by atoms with Gasteiger partial charge in [-0.2, -0.15) is 0 Å². The normalized spacial score (nSPS) is 26.6. The second-order valence-corrected chi connectivity index (χ2v) is 8.69. The van der Waals surface area contributed by atoms with E-state index >= 15 is 0 Å². The van der Waals surface area contributed by atoms with Gasteiger partial charge in [-0.15, -0.1) is 11.8 Å². The molecule has 0 N–H and O–H groups in total. The van der Waals surface area contributed by atoms with Crippen LogP contribution in [0.4, 0.5) is 0 Å². The van der Waals surface area contributed by atoms with E-state index in [4.69, 9.17) is 4.74 Å². The van der Waals surface area contributed by atoms with Crippen molar-refractivity contribution >= 4 is 17.7 Å². The van der Waals surface area contributed by atoms with Crippen LogP contribution in [-0.2, 0) is 4.74 Å². The summed E-state index contributed by atoms with van der Waals surface area (Å²) >= 11 is 2.01. The van der Waals surface area contributed by atoms with Crippen LogP contribution < -0.4 is 0 Å². The molecule has 23 heavy (non-hydrogen) atoms. The van der Waals surface area contributed by atoms with Crippen molar-refractivity contribution in [1.82, 2.24) is 9.88 Å². The molecule has 1 spiro atoms. The van der Waals surface area contributed by atoms with Crippen molar-refractivity contribution in [2.24, 2.45) is 5.92 Å². The monoisotopic (exact) mass is 332 g/mol. The van der Waals surface area contributed by atoms with Gasteiger partial charge in [0.2, 0.25) is 0 Å². The number of thioether (sulfide) groups is 1. The number of aromatic nitrogens is 1. The molecule has 4 rings (SSSR count). The average molecular weight is 332 g/mol. The maximum absolute atomic E-state index is 12.4. The van der Waals surface area contributed by atoms with Crippen LogP contribution >= 0.6 is 11.8 Å². The third-order valence-electron chi connectivity index (χ3n) is 5.39. The van der Waals surface area contributed by atoms with Gasteiger partial charge in [-0.3, -0.25) is 9.78 Å². The Hall–Kier alpha value is -1.07. The first-order valence-corrected chi connectivity index (χ1v) is 9.68. The zero-order valence-electron chi connectivity index (χ0n) is 13.4. The van der Waals surface area contributed by atoms with Crippen LogP contribution in [0.5, 0.6) is 0 Å². The van der Waals surface area contributed by atoms with E-state index in [1.165, 1.54) is 25.7 Å². The van der Waals surface area contributed by atoms with Gasteiger partial charge in [0.15, 0.2) is 0 Å². The third kappa shape index (κ3) is 3.26. The van der Waals surface area contributed by atoms with Crippen molar-refractivity contribution in [3.05, 3.63) is 30.1 Å². The van der Waals surface area contributed by atoms with E-state index in [9.17, 15) is 4.79 Å². The second-order valence-electron chi connectivity index (χ2n) is 7.20. The van der Waals surface area contributed by atoms with Gasteiger partial charge in [0.25, 0.3) is 5.91 Å². The van der Waals surface area contributed by atoms with Crippen LogP contribution in [0.1, 0.15) is 42.5 Å². The van der Waals surface area contributed by atoms with Gasteiger partial charge in [-0.1, -0.05) is 12.8 Å². The Balaban J connectivity index is 1.25. The number of nitrogens with zero attached hydrogens (tertiary/aromatic N) is 2. The molecule has 3 aliphatic rings. The van der Waals surface area contributed by atoms with Crippen LogP contribution in [0, 0.1) is 5.92 Å². The topological polar surface area (TPSA) is 42.4 Å². The summed E-state index contributed by atoms with van der Waals surface area (Å²) in [7, 11) is 0. The van der Waals surface area contributed by atoms with E-state index in [2.05, 4.69) is 4.98 Å². The summed E-state index contributed by atoms with van der Waals surface area (Å²) in [5.41, 5.74) is 0.742. The maximum atomic E-state index is 12.4. The Morgan fingerprint density at radius 2 is 2.04 bits per heavy atom. The van der Waals surface area contributed by atoms with Crippen molar-refractivity contribution in [1.29, 1.82) is 0 Å². The molecule has 0 radical (unpaired) electrons. The lowest BCUT2D eigenvalue weighted by Gasteiger charge is -2.47. The van der Waals surface area contributed by atoms with Crippen molar-refractivity contribution < 1.29 is 9.53 Å². The standard InChI is InChI=1S/C18H24N2O2S/c21-17(15-5-7-19-8-6-15)20-12-18(13-20)9-16(11-23-18)22-10-14-3-1-2-4-14/h5-8,14,16H,1-4,9-13H2. The Labute approximate surface area is 142 Å². The van der Waals surface area contributed by atoms with Crippen molar-refractivity contribution in [3.8, 4) is 0 Å². The molecule has 1 atom stereocenters. The summed E-state index contributed by atoms with van der Waals surface area (Å²) in [5.74, 6) is 2.01.